The Kier molecular flexibility index (Phi) is 5.96. The van der Waals surface area contributed by atoms with Gasteiger partial charge < -0.3 is 5.32 Å². The molecule has 0 aliphatic heterocycles. The van der Waals surface area contributed by atoms with E-state index in [4.69, 9.17) is 11.6 Å². The summed E-state index contributed by atoms with van der Waals surface area (Å²) in [5.41, 5.74) is 2.66. The molecule has 0 bridgehead atoms. The molecule has 5 nitrogen and oxygen atoms in total. The molecule has 32 heavy (non-hydrogen) atoms. The van der Waals surface area contributed by atoms with Crippen molar-refractivity contribution < 1.29 is 18.0 Å². The molecule has 1 N–H and O–H groups in total. The second kappa shape index (κ2) is 8.55. The van der Waals surface area contributed by atoms with E-state index in [9.17, 15) is 18.0 Å². The van der Waals surface area contributed by atoms with Gasteiger partial charge in [0.2, 0.25) is 5.91 Å². The zero-order valence-electron chi connectivity index (χ0n) is 17.1. The highest BCUT2D eigenvalue weighted by molar-refractivity contribution is 7.21. The number of carbonyl (C=O) groups excluding carboxylic acids is 1. The Labute approximate surface area is 190 Å². The Morgan fingerprint density at radius 2 is 1.88 bits per heavy atom. The smallest absolute Gasteiger partial charge is 0.326 e. The summed E-state index contributed by atoms with van der Waals surface area (Å²) < 4.78 is 41.0. The van der Waals surface area contributed by atoms with Gasteiger partial charge in [-0.1, -0.05) is 17.7 Å². The molecule has 2 heterocycles. The Bertz CT molecular complexity index is 1300. The van der Waals surface area contributed by atoms with Crippen molar-refractivity contribution >= 4 is 44.7 Å². The fourth-order valence-electron chi connectivity index (χ4n) is 3.21. The lowest BCUT2D eigenvalue weighted by molar-refractivity contribution is -0.141. The van der Waals surface area contributed by atoms with Gasteiger partial charge in [0.05, 0.1) is 27.5 Å². The molecule has 0 fully saturated rings. The van der Waals surface area contributed by atoms with Gasteiger partial charge in [-0.05, 0) is 55.8 Å². The lowest BCUT2D eigenvalue weighted by Gasteiger charge is -2.07. The monoisotopic (exact) mass is 478 g/mol. The molecule has 1 amide bonds. The van der Waals surface area contributed by atoms with Crippen LogP contribution in [0.1, 0.15) is 23.4 Å². The van der Waals surface area contributed by atoms with Gasteiger partial charge in [-0.3, -0.25) is 9.48 Å². The molecule has 0 unspecified atom stereocenters. The number of hydrogen-bond donors (Lipinski definition) is 1. The number of carbonyl (C=O) groups is 1. The molecule has 0 atom stereocenters. The number of halogens is 4. The number of anilines is 1. The van der Waals surface area contributed by atoms with Gasteiger partial charge in [-0.2, -0.15) is 18.3 Å². The summed E-state index contributed by atoms with van der Waals surface area (Å²) in [7, 11) is 0. The molecule has 0 saturated carbocycles. The maximum absolute atomic E-state index is 12.9. The van der Waals surface area contributed by atoms with Crippen LogP contribution in [-0.4, -0.2) is 20.7 Å². The molecule has 0 radical (unpaired) electrons. The van der Waals surface area contributed by atoms with E-state index in [1.165, 1.54) is 12.5 Å². The van der Waals surface area contributed by atoms with Crippen molar-refractivity contribution in [3.63, 3.8) is 0 Å². The molecule has 2 aromatic carbocycles. The molecule has 0 aliphatic carbocycles. The van der Waals surface area contributed by atoms with Gasteiger partial charge in [0.1, 0.15) is 5.01 Å². The molecule has 10 heteroatoms. The quantitative estimate of drug-likeness (QED) is 0.357. The fraction of sp³-hybridized carbons (Fsp3) is 0.227. The number of thiazole rings is 1. The van der Waals surface area contributed by atoms with Gasteiger partial charge in [-0.25, -0.2) is 4.98 Å². The van der Waals surface area contributed by atoms with E-state index in [2.05, 4.69) is 21.5 Å². The summed E-state index contributed by atoms with van der Waals surface area (Å²) in [6.07, 6.45) is -4.69. The molecule has 2 aromatic heterocycles. The van der Waals surface area contributed by atoms with Crippen molar-refractivity contribution in [3.8, 4) is 10.6 Å². The summed E-state index contributed by atoms with van der Waals surface area (Å²) in [5, 5.41) is 6.68. The van der Waals surface area contributed by atoms with E-state index >= 15 is 0 Å². The van der Waals surface area contributed by atoms with Gasteiger partial charge >= 0.3 is 6.18 Å². The molecule has 4 aromatic rings. The van der Waals surface area contributed by atoms with Crippen LogP contribution in [0.15, 0.2) is 42.5 Å². The first kappa shape index (κ1) is 22.3. The van der Waals surface area contributed by atoms with Gasteiger partial charge in [0.15, 0.2) is 5.69 Å². The molecule has 166 valence electrons. The van der Waals surface area contributed by atoms with Crippen molar-refractivity contribution in [1.82, 2.24) is 14.8 Å². The van der Waals surface area contributed by atoms with E-state index in [1.54, 1.807) is 23.5 Å². The number of alkyl halides is 3. The number of hydrogen-bond acceptors (Lipinski definition) is 4. The van der Waals surface area contributed by atoms with Crippen LogP contribution in [0, 0.1) is 13.8 Å². The first-order valence-electron chi connectivity index (χ1n) is 9.69. The Morgan fingerprint density at radius 3 is 2.53 bits per heavy atom. The summed E-state index contributed by atoms with van der Waals surface area (Å²) in [6, 6.07) is 13.4. The SMILES string of the molecule is Cc1ccc2nc(-c3ccc(NC(=O)CCn4nc(C(F)(F)F)c(Cl)c4C)cc3)sc2c1. The van der Waals surface area contributed by atoms with Gasteiger partial charge in [-0.15, -0.1) is 11.3 Å². The maximum Gasteiger partial charge on any atom is 0.436 e. The highest BCUT2D eigenvalue weighted by atomic mass is 35.5. The minimum absolute atomic E-state index is 0.0172. The molecular formula is C22H18ClF3N4OS. The third kappa shape index (κ3) is 4.63. The third-order valence-corrected chi connectivity index (χ3v) is 6.43. The zero-order chi connectivity index (χ0) is 23.0. The summed E-state index contributed by atoms with van der Waals surface area (Å²) >= 11 is 7.33. The topological polar surface area (TPSA) is 59.8 Å². The van der Waals surface area contributed by atoms with Crippen LogP contribution in [-0.2, 0) is 17.5 Å². The summed E-state index contributed by atoms with van der Waals surface area (Å²) in [4.78, 5) is 16.9. The fourth-order valence-corrected chi connectivity index (χ4v) is 4.52. The predicted molar refractivity (Wildman–Crippen MR) is 120 cm³/mol. The number of nitrogens with one attached hydrogen (secondary N) is 1. The lowest BCUT2D eigenvalue weighted by atomic mass is 10.2. The number of aryl methyl sites for hydroxylation is 2. The molecule has 0 saturated heterocycles. The molecule has 0 aliphatic rings. The lowest BCUT2D eigenvalue weighted by Crippen LogP contribution is -2.16. The van der Waals surface area contributed by atoms with Crippen LogP contribution < -0.4 is 5.32 Å². The molecule has 4 rings (SSSR count). The standard InChI is InChI=1S/C22H18ClF3N4OS/c1-12-3-8-16-17(11-12)32-21(28-16)14-4-6-15(7-5-14)27-18(31)9-10-30-13(2)19(23)20(29-30)22(24,25)26/h3-8,11H,9-10H2,1-2H3,(H,27,31). The minimum Gasteiger partial charge on any atom is -0.326 e. The average Bonchev–Trinajstić information content (AvgIpc) is 3.28. The van der Waals surface area contributed by atoms with E-state index in [0.717, 1.165) is 25.5 Å². The average molecular weight is 479 g/mol. The van der Waals surface area contributed by atoms with Crippen molar-refractivity contribution in [2.75, 3.05) is 5.32 Å². The summed E-state index contributed by atoms with van der Waals surface area (Å²) in [6.45, 7) is 3.45. The van der Waals surface area contributed by atoms with Crippen molar-refractivity contribution in [3.05, 3.63) is 64.4 Å². The third-order valence-electron chi connectivity index (χ3n) is 4.91. The highest BCUT2D eigenvalue weighted by Gasteiger charge is 2.38. The zero-order valence-corrected chi connectivity index (χ0v) is 18.7. The highest BCUT2D eigenvalue weighted by Crippen LogP contribution is 2.35. The number of benzene rings is 2. The van der Waals surface area contributed by atoms with Crippen molar-refractivity contribution in [1.29, 1.82) is 0 Å². The van der Waals surface area contributed by atoms with E-state index < -0.39 is 16.9 Å². The van der Waals surface area contributed by atoms with E-state index in [-0.39, 0.29) is 24.6 Å². The number of amides is 1. The van der Waals surface area contributed by atoms with Crippen molar-refractivity contribution in [2.45, 2.75) is 33.0 Å². The second-order valence-electron chi connectivity index (χ2n) is 7.33. The maximum atomic E-state index is 12.9. The Hall–Kier alpha value is -2.91. The van der Waals surface area contributed by atoms with Crippen LogP contribution in [0.4, 0.5) is 18.9 Å². The number of nitrogens with zero attached hydrogens (tertiary/aromatic N) is 3. The van der Waals surface area contributed by atoms with Crippen LogP contribution in [0.5, 0.6) is 0 Å². The first-order chi connectivity index (χ1) is 15.1. The normalized spacial score (nSPS) is 11.8. The Balaban J connectivity index is 1.40. The Morgan fingerprint density at radius 1 is 1.16 bits per heavy atom. The predicted octanol–water partition coefficient (Wildman–Crippen LogP) is 6.48. The summed E-state index contributed by atoms with van der Waals surface area (Å²) in [5.74, 6) is -0.340. The van der Waals surface area contributed by atoms with Gasteiger partial charge in [0, 0.05) is 17.7 Å². The largest absolute Gasteiger partial charge is 0.436 e. The first-order valence-corrected chi connectivity index (χ1v) is 10.9. The van der Waals surface area contributed by atoms with Crippen LogP contribution in [0.2, 0.25) is 5.02 Å². The van der Waals surface area contributed by atoms with Crippen molar-refractivity contribution in [2.24, 2.45) is 0 Å². The number of fused-ring (bicyclic) bond motifs is 1. The van der Waals surface area contributed by atoms with Crippen LogP contribution in [0.3, 0.4) is 0 Å². The van der Waals surface area contributed by atoms with E-state index in [1.807, 2.05) is 31.2 Å². The van der Waals surface area contributed by atoms with Gasteiger partial charge in [0.25, 0.3) is 0 Å². The van der Waals surface area contributed by atoms with Crippen LogP contribution >= 0.6 is 22.9 Å². The minimum atomic E-state index is -4.64. The van der Waals surface area contributed by atoms with E-state index in [0.29, 0.717) is 5.69 Å². The second-order valence-corrected chi connectivity index (χ2v) is 8.74. The number of rotatable bonds is 5. The number of aromatic nitrogens is 3. The van der Waals surface area contributed by atoms with Crippen LogP contribution in [0.25, 0.3) is 20.8 Å². The molecular weight excluding hydrogens is 461 g/mol. The molecule has 0 spiro atoms.